The Bertz CT molecular complexity index is 1090. The normalized spacial score (nSPS) is 16.6. The van der Waals surface area contributed by atoms with Crippen molar-refractivity contribution in [3.05, 3.63) is 59.4 Å². The molecule has 1 fully saturated rings. The Morgan fingerprint density at radius 3 is 2.72 bits per heavy atom. The van der Waals surface area contributed by atoms with Crippen molar-refractivity contribution in [3.8, 4) is 0 Å². The lowest BCUT2D eigenvalue weighted by Gasteiger charge is -2.18. The molecule has 150 valence electrons. The van der Waals surface area contributed by atoms with Crippen molar-refractivity contribution in [2.45, 2.75) is 33.7 Å². The molecule has 2 aromatic carbocycles. The van der Waals surface area contributed by atoms with Gasteiger partial charge in [0.2, 0.25) is 11.8 Å². The Kier molecular flexibility index (Phi) is 5.09. The molecule has 29 heavy (non-hydrogen) atoms. The first-order chi connectivity index (χ1) is 14.0. The van der Waals surface area contributed by atoms with E-state index in [1.807, 2.05) is 63.2 Å². The van der Waals surface area contributed by atoms with Gasteiger partial charge in [0.25, 0.3) is 0 Å². The minimum Gasteiger partial charge on any atom is -0.354 e. The van der Waals surface area contributed by atoms with Gasteiger partial charge in [-0.15, -0.1) is 0 Å². The summed E-state index contributed by atoms with van der Waals surface area (Å²) in [6, 6.07) is 13.9. The second kappa shape index (κ2) is 7.70. The molecule has 1 saturated heterocycles. The number of fused-ring (bicyclic) bond motifs is 1. The van der Waals surface area contributed by atoms with Crippen LogP contribution in [0.2, 0.25) is 0 Å². The number of para-hydroxylation sites is 2. The number of hydrogen-bond acceptors (Lipinski definition) is 3. The lowest BCUT2D eigenvalue weighted by atomic mass is 10.1. The van der Waals surface area contributed by atoms with Gasteiger partial charge in [0, 0.05) is 25.3 Å². The van der Waals surface area contributed by atoms with Crippen LogP contribution in [0.4, 0.5) is 5.69 Å². The zero-order valence-corrected chi connectivity index (χ0v) is 17.1. The Morgan fingerprint density at radius 2 is 1.93 bits per heavy atom. The highest BCUT2D eigenvalue weighted by Gasteiger charge is 2.37. The monoisotopic (exact) mass is 390 g/mol. The smallest absolute Gasteiger partial charge is 0.239 e. The Labute approximate surface area is 170 Å². The summed E-state index contributed by atoms with van der Waals surface area (Å²) in [6.45, 7) is 7.71. The summed E-state index contributed by atoms with van der Waals surface area (Å²) in [5.74, 6) is -0.00559. The highest BCUT2D eigenvalue weighted by Crippen LogP contribution is 2.27. The summed E-state index contributed by atoms with van der Waals surface area (Å²) >= 11 is 0. The number of amides is 2. The molecular weight excluding hydrogens is 364 g/mol. The van der Waals surface area contributed by atoms with E-state index in [0.717, 1.165) is 28.1 Å². The third-order valence-corrected chi connectivity index (χ3v) is 5.80. The van der Waals surface area contributed by atoms with E-state index in [1.165, 1.54) is 5.56 Å². The van der Waals surface area contributed by atoms with Crippen LogP contribution in [0.25, 0.3) is 11.0 Å². The van der Waals surface area contributed by atoms with Crippen molar-refractivity contribution in [1.29, 1.82) is 0 Å². The molecule has 2 amide bonds. The highest BCUT2D eigenvalue weighted by molar-refractivity contribution is 6.09. The average molecular weight is 390 g/mol. The number of rotatable bonds is 5. The van der Waals surface area contributed by atoms with Crippen LogP contribution in [-0.4, -0.2) is 34.5 Å². The molecule has 6 nitrogen and oxygen atoms in total. The van der Waals surface area contributed by atoms with Crippen molar-refractivity contribution in [3.63, 3.8) is 0 Å². The average Bonchev–Trinajstić information content (AvgIpc) is 3.24. The molecule has 0 aliphatic carbocycles. The van der Waals surface area contributed by atoms with Crippen LogP contribution in [0.5, 0.6) is 0 Å². The third kappa shape index (κ3) is 3.62. The summed E-state index contributed by atoms with van der Waals surface area (Å²) in [6.07, 6.45) is 0.546. The van der Waals surface area contributed by atoms with Crippen molar-refractivity contribution >= 4 is 28.5 Å². The van der Waals surface area contributed by atoms with Crippen molar-refractivity contribution in [2.75, 3.05) is 18.0 Å². The Hall–Kier alpha value is -3.15. The number of carbonyl (C=O) groups is 2. The number of anilines is 1. The molecule has 3 aromatic rings. The van der Waals surface area contributed by atoms with Gasteiger partial charge in [-0.25, -0.2) is 4.98 Å². The Balaban J connectivity index is 1.38. The largest absolute Gasteiger partial charge is 0.354 e. The minimum absolute atomic E-state index is 0.116. The van der Waals surface area contributed by atoms with E-state index < -0.39 is 5.92 Å². The Morgan fingerprint density at radius 1 is 1.14 bits per heavy atom. The molecule has 1 atom stereocenters. The van der Waals surface area contributed by atoms with E-state index in [-0.39, 0.29) is 11.8 Å². The van der Waals surface area contributed by atoms with Gasteiger partial charge in [-0.3, -0.25) is 9.59 Å². The first-order valence-electron chi connectivity index (χ1n) is 10.0. The number of aromatic nitrogens is 2. The second-order valence-electron chi connectivity index (χ2n) is 7.69. The predicted molar refractivity (Wildman–Crippen MR) is 114 cm³/mol. The van der Waals surface area contributed by atoms with E-state index in [2.05, 4.69) is 14.9 Å². The molecular formula is C23H26N4O2. The number of nitrogens with zero attached hydrogens (tertiary/aromatic N) is 3. The molecule has 4 rings (SSSR count). The van der Waals surface area contributed by atoms with Gasteiger partial charge in [0.1, 0.15) is 11.7 Å². The number of imidazole rings is 1. The molecule has 0 radical (unpaired) electrons. The van der Waals surface area contributed by atoms with E-state index in [4.69, 9.17) is 0 Å². The van der Waals surface area contributed by atoms with Gasteiger partial charge in [-0.1, -0.05) is 18.2 Å². The summed E-state index contributed by atoms with van der Waals surface area (Å²) in [4.78, 5) is 31.7. The summed E-state index contributed by atoms with van der Waals surface area (Å²) in [5, 5.41) is 2.94. The molecule has 6 heteroatoms. The lowest BCUT2D eigenvalue weighted by molar-refractivity contribution is -0.132. The fourth-order valence-electron chi connectivity index (χ4n) is 3.97. The summed E-state index contributed by atoms with van der Waals surface area (Å²) < 4.78 is 2.09. The van der Waals surface area contributed by atoms with Gasteiger partial charge >= 0.3 is 0 Å². The maximum absolute atomic E-state index is 12.8. The van der Waals surface area contributed by atoms with Gasteiger partial charge in [-0.05, 0) is 62.6 Å². The van der Waals surface area contributed by atoms with Crippen LogP contribution < -0.4 is 10.2 Å². The van der Waals surface area contributed by atoms with E-state index in [0.29, 0.717) is 26.1 Å². The highest BCUT2D eigenvalue weighted by atomic mass is 16.2. The van der Waals surface area contributed by atoms with Crippen LogP contribution in [0.3, 0.4) is 0 Å². The van der Waals surface area contributed by atoms with Gasteiger partial charge in [-0.2, -0.15) is 0 Å². The number of aryl methyl sites for hydroxylation is 3. The molecule has 1 aromatic heterocycles. The van der Waals surface area contributed by atoms with E-state index in [9.17, 15) is 9.59 Å². The standard InChI is InChI=1S/C23H26N4O2/c1-15-8-9-18(14-16(15)2)27-12-10-19(23(27)29)22(28)24-11-13-26-17(3)25-20-6-4-5-7-21(20)26/h4-9,14,19H,10-13H2,1-3H3,(H,24,28). The predicted octanol–water partition coefficient (Wildman–Crippen LogP) is 3.13. The van der Waals surface area contributed by atoms with E-state index >= 15 is 0 Å². The van der Waals surface area contributed by atoms with Gasteiger partial charge in [0.15, 0.2) is 0 Å². The first-order valence-corrected chi connectivity index (χ1v) is 10.0. The molecule has 2 heterocycles. The molecule has 0 spiro atoms. The quantitative estimate of drug-likeness (QED) is 0.681. The molecule has 1 aliphatic rings. The molecule has 0 bridgehead atoms. The fraction of sp³-hybridized carbons (Fsp3) is 0.348. The molecule has 1 unspecified atom stereocenters. The zero-order chi connectivity index (χ0) is 20.5. The number of nitrogens with one attached hydrogen (secondary N) is 1. The SMILES string of the molecule is Cc1ccc(N2CCC(C(=O)NCCn3c(C)nc4ccccc43)C2=O)cc1C. The lowest BCUT2D eigenvalue weighted by Crippen LogP contribution is -2.38. The van der Waals surface area contributed by atoms with E-state index in [1.54, 1.807) is 4.90 Å². The van der Waals surface area contributed by atoms with Crippen molar-refractivity contribution < 1.29 is 9.59 Å². The fourth-order valence-corrected chi connectivity index (χ4v) is 3.97. The van der Waals surface area contributed by atoms with Gasteiger partial charge < -0.3 is 14.8 Å². The van der Waals surface area contributed by atoms with Gasteiger partial charge in [0.05, 0.1) is 11.0 Å². The van der Waals surface area contributed by atoms with Crippen molar-refractivity contribution in [2.24, 2.45) is 5.92 Å². The maximum Gasteiger partial charge on any atom is 0.239 e. The molecule has 1 aliphatic heterocycles. The first kappa shape index (κ1) is 19.2. The van der Waals surface area contributed by atoms with Crippen LogP contribution in [0.1, 0.15) is 23.4 Å². The molecule has 1 N–H and O–H groups in total. The minimum atomic E-state index is -0.614. The number of carbonyl (C=O) groups excluding carboxylic acids is 2. The summed E-state index contributed by atoms with van der Waals surface area (Å²) in [5.41, 5.74) is 5.21. The van der Waals surface area contributed by atoms with Crippen LogP contribution >= 0.6 is 0 Å². The molecule has 0 saturated carbocycles. The third-order valence-electron chi connectivity index (χ3n) is 5.80. The summed E-state index contributed by atoms with van der Waals surface area (Å²) in [7, 11) is 0. The maximum atomic E-state index is 12.8. The van der Waals surface area contributed by atoms with Crippen LogP contribution in [0.15, 0.2) is 42.5 Å². The van der Waals surface area contributed by atoms with Crippen LogP contribution in [-0.2, 0) is 16.1 Å². The topological polar surface area (TPSA) is 67.2 Å². The van der Waals surface area contributed by atoms with Crippen molar-refractivity contribution in [1.82, 2.24) is 14.9 Å². The second-order valence-corrected chi connectivity index (χ2v) is 7.69. The number of hydrogen-bond donors (Lipinski definition) is 1. The zero-order valence-electron chi connectivity index (χ0n) is 17.1. The van der Waals surface area contributed by atoms with Crippen LogP contribution in [0, 0.1) is 26.7 Å². The number of benzene rings is 2.